The molecule has 5 nitrogen and oxygen atoms in total. The second-order valence-electron chi connectivity index (χ2n) is 6.02. The molecular weight excluding hydrogens is 322 g/mol. The molecule has 0 radical (unpaired) electrons. The van der Waals surface area contributed by atoms with Gasteiger partial charge in [0.15, 0.2) is 0 Å². The normalized spacial score (nSPS) is 16.0. The smallest absolute Gasteiger partial charge is 0.273 e. The molecule has 1 aliphatic rings. The zero-order valence-corrected chi connectivity index (χ0v) is 15.0. The van der Waals surface area contributed by atoms with E-state index in [1.807, 2.05) is 29.3 Å². The lowest BCUT2D eigenvalue weighted by atomic mass is 10.2. The molecule has 128 valence electrons. The number of thiazole rings is 1. The van der Waals surface area contributed by atoms with E-state index < -0.39 is 0 Å². The molecule has 0 saturated carbocycles. The van der Waals surface area contributed by atoms with E-state index in [4.69, 9.17) is 4.74 Å². The van der Waals surface area contributed by atoms with Crippen LogP contribution < -0.4 is 4.74 Å². The first-order valence-corrected chi connectivity index (χ1v) is 9.10. The van der Waals surface area contributed by atoms with Gasteiger partial charge >= 0.3 is 0 Å². The molecular formula is C18H23N3O2S. The third-order valence-corrected chi connectivity index (χ3v) is 5.05. The van der Waals surface area contributed by atoms with Gasteiger partial charge in [-0.2, -0.15) is 0 Å². The molecule has 0 spiro atoms. The molecule has 0 unspecified atom stereocenters. The number of aryl methyl sites for hydroxylation is 1. The molecule has 2 heterocycles. The van der Waals surface area contributed by atoms with Crippen LogP contribution in [0.3, 0.4) is 0 Å². The lowest BCUT2D eigenvalue weighted by molar-refractivity contribution is 0.0756. The highest BCUT2D eigenvalue weighted by Crippen LogP contribution is 2.16. The fraction of sp³-hybridized carbons (Fsp3) is 0.444. The maximum Gasteiger partial charge on any atom is 0.273 e. The molecule has 0 aliphatic carbocycles. The van der Waals surface area contributed by atoms with Crippen LogP contribution in [0.25, 0.3) is 0 Å². The van der Waals surface area contributed by atoms with Crippen molar-refractivity contribution < 1.29 is 9.53 Å². The minimum atomic E-state index is 0.0608. The van der Waals surface area contributed by atoms with Gasteiger partial charge in [0, 0.05) is 38.1 Å². The second kappa shape index (κ2) is 7.77. The minimum absolute atomic E-state index is 0.0608. The van der Waals surface area contributed by atoms with Crippen LogP contribution in [0.4, 0.5) is 0 Å². The van der Waals surface area contributed by atoms with E-state index in [0.29, 0.717) is 5.69 Å². The average molecular weight is 345 g/mol. The zero-order valence-electron chi connectivity index (χ0n) is 14.2. The average Bonchev–Trinajstić information content (AvgIpc) is 2.90. The Kier molecular flexibility index (Phi) is 5.48. The molecule has 6 heteroatoms. The van der Waals surface area contributed by atoms with E-state index in [1.54, 1.807) is 7.11 Å². The van der Waals surface area contributed by atoms with Crippen molar-refractivity contribution in [3.8, 4) is 5.75 Å². The molecule has 24 heavy (non-hydrogen) atoms. The van der Waals surface area contributed by atoms with Crippen LogP contribution in [0.1, 0.15) is 27.5 Å². The van der Waals surface area contributed by atoms with Crippen LogP contribution in [0.2, 0.25) is 0 Å². The van der Waals surface area contributed by atoms with Gasteiger partial charge in [0.05, 0.1) is 12.1 Å². The van der Waals surface area contributed by atoms with Crippen molar-refractivity contribution in [2.75, 3.05) is 33.3 Å². The lowest BCUT2D eigenvalue weighted by Crippen LogP contribution is -2.35. The van der Waals surface area contributed by atoms with Crippen molar-refractivity contribution in [3.63, 3.8) is 0 Å². The van der Waals surface area contributed by atoms with Crippen molar-refractivity contribution >= 4 is 17.2 Å². The maximum atomic E-state index is 12.5. The molecule has 1 aromatic carbocycles. The number of ether oxygens (including phenoxy) is 1. The molecule has 1 saturated heterocycles. The number of hydrogen-bond donors (Lipinski definition) is 0. The fourth-order valence-corrected chi connectivity index (χ4v) is 3.53. The standard InChI is InChI=1S/C18H23N3O2S/c1-14-19-17(13-24-14)18(22)21-9-3-8-20(10-11-21)12-15-4-6-16(23-2)7-5-15/h4-7,13H,3,8-12H2,1-2H3. The molecule has 1 aromatic heterocycles. The van der Waals surface area contributed by atoms with E-state index in [2.05, 4.69) is 22.0 Å². The number of aromatic nitrogens is 1. The van der Waals surface area contributed by atoms with E-state index in [-0.39, 0.29) is 5.91 Å². The summed E-state index contributed by atoms with van der Waals surface area (Å²) in [6.45, 7) is 6.29. The Morgan fingerprint density at radius 1 is 1.21 bits per heavy atom. The monoisotopic (exact) mass is 345 g/mol. The van der Waals surface area contributed by atoms with E-state index in [9.17, 15) is 4.79 Å². The summed E-state index contributed by atoms with van der Waals surface area (Å²) < 4.78 is 5.20. The fourth-order valence-electron chi connectivity index (χ4n) is 2.94. The Labute approximate surface area is 146 Å². The maximum absolute atomic E-state index is 12.5. The summed E-state index contributed by atoms with van der Waals surface area (Å²) in [5, 5.41) is 2.80. The summed E-state index contributed by atoms with van der Waals surface area (Å²) in [4.78, 5) is 21.2. The number of carbonyl (C=O) groups excluding carboxylic acids is 1. The van der Waals surface area contributed by atoms with Gasteiger partial charge in [-0.3, -0.25) is 9.69 Å². The summed E-state index contributed by atoms with van der Waals surface area (Å²) in [7, 11) is 1.68. The van der Waals surface area contributed by atoms with Gasteiger partial charge in [-0.1, -0.05) is 12.1 Å². The Hall–Kier alpha value is -1.92. The highest BCUT2D eigenvalue weighted by atomic mass is 32.1. The summed E-state index contributed by atoms with van der Waals surface area (Å²) in [5.41, 5.74) is 1.85. The number of amides is 1. The van der Waals surface area contributed by atoms with Crippen LogP contribution in [-0.4, -0.2) is 54.0 Å². The molecule has 3 rings (SSSR count). The van der Waals surface area contributed by atoms with Crippen molar-refractivity contribution in [2.45, 2.75) is 19.9 Å². The van der Waals surface area contributed by atoms with Crippen LogP contribution in [0.5, 0.6) is 5.75 Å². The molecule has 0 atom stereocenters. The first-order chi connectivity index (χ1) is 11.7. The van der Waals surface area contributed by atoms with E-state index in [0.717, 1.165) is 49.9 Å². The predicted molar refractivity (Wildman–Crippen MR) is 95.6 cm³/mol. The van der Waals surface area contributed by atoms with Gasteiger partial charge in [0.25, 0.3) is 5.91 Å². The second-order valence-corrected chi connectivity index (χ2v) is 7.08. The molecule has 1 fully saturated rings. The molecule has 1 amide bonds. The highest BCUT2D eigenvalue weighted by molar-refractivity contribution is 7.09. The van der Waals surface area contributed by atoms with Crippen molar-refractivity contribution in [2.24, 2.45) is 0 Å². The molecule has 0 N–H and O–H groups in total. The third-order valence-electron chi connectivity index (χ3n) is 4.28. The summed E-state index contributed by atoms with van der Waals surface area (Å²) >= 11 is 1.53. The first-order valence-electron chi connectivity index (χ1n) is 8.22. The first kappa shape index (κ1) is 16.9. The number of nitrogens with zero attached hydrogens (tertiary/aromatic N) is 3. The number of benzene rings is 1. The van der Waals surface area contributed by atoms with Crippen molar-refractivity contribution in [3.05, 3.63) is 45.9 Å². The molecule has 1 aliphatic heterocycles. The van der Waals surface area contributed by atoms with Crippen molar-refractivity contribution in [1.29, 1.82) is 0 Å². The van der Waals surface area contributed by atoms with Gasteiger partial charge in [-0.25, -0.2) is 4.98 Å². The van der Waals surface area contributed by atoms with Gasteiger partial charge in [-0.15, -0.1) is 11.3 Å². The van der Waals surface area contributed by atoms with Crippen LogP contribution in [0, 0.1) is 6.92 Å². The number of methoxy groups -OCH3 is 1. The van der Waals surface area contributed by atoms with Crippen LogP contribution in [0.15, 0.2) is 29.6 Å². The Bertz CT molecular complexity index is 684. The molecule has 0 bridgehead atoms. The van der Waals surface area contributed by atoms with Gasteiger partial charge in [0.1, 0.15) is 11.4 Å². The number of hydrogen-bond acceptors (Lipinski definition) is 5. The minimum Gasteiger partial charge on any atom is -0.497 e. The quantitative estimate of drug-likeness (QED) is 0.855. The van der Waals surface area contributed by atoms with Gasteiger partial charge in [0.2, 0.25) is 0 Å². The van der Waals surface area contributed by atoms with E-state index in [1.165, 1.54) is 16.9 Å². The van der Waals surface area contributed by atoms with Gasteiger partial charge in [-0.05, 0) is 31.0 Å². The van der Waals surface area contributed by atoms with E-state index >= 15 is 0 Å². The van der Waals surface area contributed by atoms with Crippen LogP contribution in [-0.2, 0) is 6.54 Å². The highest BCUT2D eigenvalue weighted by Gasteiger charge is 2.21. The predicted octanol–water partition coefficient (Wildman–Crippen LogP) is 2.81. The Balaban J connectivity index is 1.57. The molecule has 2 aromatic rings. The third kappa shape index (κ3) is 4.13. The van der Waals surface area contributed by atoms with Crippen LogP contribution >= 0.6 is 11.3 Å². The van der Waals surface area contributed by atoms with Gasteiger partial charge < -0.3 is 9.64 Å². The topological polar surface area (TPSA) is 45.7 Å². The lowest BCUT2D eigenvalue weighted by Gasteiger charge is -2.21. The summed E-state index contributed by atoms with van der Waals surface area (Å²) in [5.74, 6) is 0.940. The Morgan fingerprint density at radius 2 is 2.00 bits per heavy atom. The number of carbonyl (C=O) groups is 1. The summed E-state index contributed by atoms with van der Waals surface area (Å²) in [6.07, 6.45) is 0.991. The largest absolute Gasteiger partial charge is 0.497 e. The van der Waals surface area contributed by atoms with Crippen molar-refractivity contribution in [1.82, 2.24) is 14.8 Å². The number of rotatable bonds is 4. The summed E-state index contributed by atoms with van der Waals surface area (Å²) in [6, 6.07) is 8.19. The SMILES string of the molecule is COc1ccc(CN2CCCN(C(=O)c3csc(C)n3)CC2)cc1. The Morgan fingerprint density at radius 3 is 2.67 bits per heavy atom. The zero-order chi connectivity index (χ0) is 16.9.